The highest BCUT2D eigenvalue weighted by Gasteiger charge is 2.56. The highest BCUT2D eigenvalue weighted by molar-refractivity contribution is 5.93. The lowest BCUT2D eigenvalue weighted by molar-refractivity contribution is -0.364. The van der Waals surface area contributed by atoms with Crippen molar-refractivity contribution in [2.24, 2.45) is 17.6 Å². The second-order valence-corrected chi connectivity index (χ2v) is 14.8. The number of aliphatic hydroxyl groups excluding tert-OH is 2. The maximum atomic E-state index is 13.8. The molecule has 8 rings (SSSR count). The number of rotatable bonds is 12. The summed E-state index contributed by atoms with van der Waals surface area (Å²) in [5.74, 6) is -2.65. The van der Waals surface area contributed by atoms with Gasteiger partial charge >= 0.3 is 12.1 Å². The maximum absolute atomic E-state index is 13.8. The summed E-state index contributed by atoms with van der Waals surface area (Å²) < 4.78 is 63.5. The molecule has 0 spiro atoms. The lowest BCUT2D eigenvalue weighted by atomic mass is 9.66. The Morgan fingerprint density at radius 1 is 0.883 bits per heavy atom. The monoisotopic (exact) mass is 836 g/mol. The molecule has 320 valence electrons. The third-order valence-corrected chi connectivity index (χ3v) is 11.1. The minimum absolute atomic E-state index is 0.0324. The molecule has 2 amide bonds. The van der Waals surface area contributed by atoms with Crippen molar-refractivity contribution in [3.05, 3.63) is 70.8 Å². The van der Waals surface area contributed by atoms with Gasteiger partial charge in [0.1, 0.15) is 31.0 Å². The molecule has 0 saturated carbocycles. The molecule has 5 aliphatic rings. The number of primary amides is 1. The second-order valence-electron chi connectivity index (χ2n) is 14.8. The Kier molecular flexibility index (Phi) is 11.7. The van der Waals surface area contributed by atoms with Gasteiger partial charge in [0.2, 0.25) is 24.4 Å². The first-order valence-corrected chi connectivity index (χ1v) is 19.2. The zero-order chi connectivity index (χ0) is 42.2. The Hall–Kier alpha value is -5.70. The smallest absolute Gasteiger partial charge is 0.493 e. The van der Waals surface area contributed by atoms with Gasteiger partial charge in [-0.1, -0.05) is 12.1 Å². The highest BCUT2D eigenvalue weighted by atomic mass is 16.8. The minimum Gasteiger partial charge on any atom is -0.493 e. The molecule has 0 radical (unpaired) electrons. The summed E-state index contributed by atoms with van der Waals surface area (Å²) >= 11 is 0. The standard InChI is InChI=1S/C41H44N2O17/c1-18-52-16-29-38(57-18)34(46)35(47)40(58-29)59-36-23-13-26-25(55-17-56-26)12-22(23)32(33-24(36)15-53-39(33)48)20-10-27(50-2)37(28(11-20)51-3)60-41(49)54-14-19-4-6-21(7-5-19)43-31(45)9-8-30(42)44/h4-7,10-13,18,24,29,32-36,38,40,46-47H,8-9,14-17H2,1-3H3,(H2,42,44)(H,43,45)/t18-,24?,29-,32-,33+,34-,35-,36-,38-,40+/m1/s1. The van der Waals surface area contributed by atoms with E-state index < -0.39 is 78.9 Å². The number of carbonyl (C=O) groups is 4. The van der Waals surface area contributed by atoms with E-state index in [1.165, 1.54) is 14.2 Å². The van der Waals surface area contributed by atoms with Gasteiger partial charge in [-0.3, -0.25) is 14.4 Å². The van der Waals surface area contributed by atoms with Crippen LogP contribution in [0.2, 0.25) is 0 Å². The Morgan fingerprint density at radius 2 is 1.58 bits per heavy atom. The van der Waals surface area contributed by atoms with Crippen molar-refractivity contribution >= 4 is 29.6 Å². The van der Waals surface area contributed by atoms with Crippen molar-refractivity contribution in [3.63, 3.8) is 0 Å². The number of nitrogens with one attached hydrogen (secondary N) is 1. The molecule has 0 aromatic heterocycles. The van der Waals surface area contributed by atoms with Gasteiger partial charge in [0, 0.05) is 30.4 Å². The van der Waals surface area contributed by atoms with Crippen LogP contribution in [-0.4, -0.2) is 105 Å². The summed E-state index contributed by atoms with van der Waals surface area (Å²) in [6.45, 7) is 1.54. The molecule has 60 heavy (non-hydrogen) atoms. The van der Waals surface area contributed by atoms with E-state index in [-0.39, 0.29) is 62.6 Å². The largest absolute Gasteiger partial charge is 0.514 e. The number of aliphatic hydroxyl groups is 2. The molecule has 3 fully saturated rings. The Balaban J connectivity index is 1.04. The average molecular weight is 837 g/mol. The molecular formula is C41H44N2O17. The van der Waals surface area contributed by atoms with Crippen LogP contribution < -0.4 is 34.7 Å². The molecule has 5 N–H and O–H groups in total. The number of methoxy groups -OCH3 is 2. The molecule has 0 bridgehead atoms. The molecular weight excluding hydrogens is 792 g/mol. The molecule has 19 heteroatoms. The van der Waals surface area contributed by atoms with Gasteiger partial charge in [0.05, 0.1) is 39.5 Å². The fraction of sp³-hybridized carbons (Fsp3) is 0.463. The highest BCUT2D eigenvalue weighted by Crippen LogP contribution is 2.57. The van der Waals surface area contributed by atoms with Crippen LogP contribution in [-0.2, 0) is 49.4 Å². The van der Waals surface area contributed by atoms with Crippen molar-refractivity contribution in [1.82, 2.24) is 0 Å². The first-order valence-electron chi connectivity index (χ1n) is 19.2. The fourth-order valence-corrected chi connectivity index (χ4v) is 8.22. The summed E-state index contributed by atoms with van der Waals surface area (Å²) in [7, 11) is 2.76. The lowest BCUT2D eigenvalue weighted by Crippen LogP contribution is -2.63. The fourth-order valence-electron chi connectivity index (χ4n) is 8.22. The van der Waals surface area contributed by atoms with Crippen LogP contribution in [0.3, 0.4) is 0 Å². The number of benzene rings is 3. The molecule has 10 atom stereocenters. The number of fused-ring (bicyclic) bond motifs is 4. The first-order chi connectivity index (χ1) is 28.9. The van der Waals surface area contributed by atoms with Crippen LogP contribution in [0.15, 0.2) is 48.5 Å². The first kappa shape index (κ1) is 41.1. The molecule has 3 saturated heterocycles. The van der Waals surface area contributed by atoms with Crippen LogP contribution in [0.5, 0.6) is 28.7 Å². The summed E-state index contributed by atoms with van der Waals surface area (Å²) in [6.07, 6.45) is -8.44. The topological polar surface area (TPSA) is 248 Å². The number of ether oxygens (including phenoxy) is 11. The van der Waals surface area contributed by atoms with Crippen LogP contribution in [0.4, 0.5) is 10.5 Å². The number of nitrogens with two attached hydrogens (primary N) is 1. The van der Waals surface area contributed by atoms with Crippen LogP contribution in [0.1, 0.15) is 54.0 Å². The van der Waals surface area contributed by atoms with Crippen molar-refractivity contribution in [2.45, 2.75) is 75.4 Å². The normalized spacial score (nSPS) is 28.6. The maximum Gasteiger partial charge on any atom is 0.514 e. The van der Waals surface area contributed by atoms with Crippen molar-refractivity contribution in [2.75, 3.05) is 39.5 Å². The van der Waals surface area contributed by atoms with Gasteiger partial charge in [-0.25, -0.2) is 4.79 Å². The van der Waals surface area contributed by atoms with Gasteiger partial charge in [-0.05, 0) is 65.6 Å². The Morgan fingerprint density at radius 3 is 2.27 bits per heavy atom. The van der Waals surface area contributed by atoms with Gasteiger partial charge in [-0.2, -0.15) is 0 Å². The zero-order valence-corrected chi connectivity index (χ0v) is 32.7. The molecule has 3 aromatic rings. The lowest BCUT2D eigenvalue weighted by Gasteiger charge is -2.47. The number of hydrogen-bond donors (Lipinski definition) is 4. The van der Waals surface area contributed by atoms with Crippen LogP contribution in [0.25, 0.3) is 0 Å². The van der Waals surface area contributed by atoms with E-state index >= 15 is 0 Å². The van der Waals surface area contributed by atoms with E-state index in [1.807, 2.05) is 0 Å². The molecule has 4 aliphatic heterocycles. The predicted molar refractivity (Wildman–Crippen MR) is 201 cm³/mol. The van der Waals surface area contributed by atoms with E-state index in [0.717, 1.165) is 0 Å². The number of carbonyl (C=O) groups excluding carboxylic acids is 4. The zero-order valence-electron chi connectivity index (χ0n) is 32.7. The van der Waals surface area contributed by atoms with Crippen molar-refractivity contribution in [1.29, 1.82) is 0 Å². The van der Waals surface area contributed by atoms with Crippen molar-refractivity contribution in [3.8, 4) is 28.7 Å². The number of hydrogen-bond acceptors (Lipinski definition) is 17. The van der Waals surface area contributed by atoms with E-state index in [2.05, 4.69) is 5.32 Å². The summed E-state index contributed by atoms with van der Waals surface area (Å²) in [5.41, 5.74) is 7.92. The van der Waals surface area contributed by atoms with Crippen LogP contribution in [0, 0.1) is 11.8 Å². The molecule has 1 unspecified atom stereocenters. The quantitative estimate of drug-likeness (QED) is 0.151. The molecule has 4 heterocycles. The van der Waals surface area contributed by atoms with E-state index in [9.17, 15) is 29.4 Å². The number of anilines is 1. The van der Waals surface area contributed by atoms with Gasteiger partial charge in [-0.15, -0.1) is 0 Å². The molecule has 19 nitrogen and oxygen atoms in total. The number of cyclic esters (lactones) is 1. The van der Waals surface area contributed by atoms with E-state index in [1.54, 1.807) is 55.5 Å². The minimum atomic E-state index is -1.50. The van der Waals surface area contributed by atoms with E-state index in [0.29, 0.717) is 39.4 Å². The summed E-state index contributed by atoms with van der Waals surface area (Å²) in [6, 6.07) is 13.3. The SMILES string of the molecule is COc1cc([C@@H]2c3cc4c(cc3[C@@H](O[C@@H]3O[C@@H]5CO[C@@H](C)O[C@H]5[C@H](O)[C@H]3O)C3COC(=O)[C@@H]32)OCO4)cc(OC)c1OC(=O)OCc1ccc(NC(=O)CCC(N)=O)cc1. The number of amides is 2. The summed E-state index contributed by atoms with van der Waals surface area (Å²) in [5, 5.41) is 24.9. The third kappa shape index (κ3) is 8.11. The second kappa shape index (κ2) is 17.1. The predicted octanol–water partition coefficient (Wildman–Crippen LogP) is 2.55. The third-order valence-electron chi connectivity index (χ3n) is 11.1. The van der Waals surface area contributed by atoms with Gasteiger partial charge in [0.25, 0.3) is 0 Å². The molecule has 3 aromatic carbocycles. The van der Waals surface area contributed by atoms with Crippen LogP contribution >= 0.6 is 0 Å². The van der Waals surface area contributed by atoms with Gasteiger partial charge in [0.15, 0.2) is 35.6 Å². The average Bonchev–Trinajstić information content (AvgIpc) is 3.87. The van der Waals surface area contributed by atoms with Gasteiger partial charge < -0.3 is 73.4 Å². The van der Waals surface area contributed by atoms with Crippen molar-refractivity contribution < 1.29 is 81.5 Å². The Bertz CT molecular complexity index is 2100. The Labute approximate surface area is 342 Å². The number of esters is 1. The van der Waals surface area contributed by atoms with E-state index in [4.69, 9.17) is 57.8 Å². The summed E-state index contributed by atoms with van der Waals surface area (Å²) in [4.78, 5) is 49.8. The molecule has 1 aliphatic carbocycles.